The third-order valence-electron chi connectivity index (χ3n) is 30.1. The smallest absolute Gasteiger partial charge is 0.143 e. The Morgan fingerprint density at radius 1 is 0.117 bits per heavy atom. The molecule has 0 saturated carbocycles. The molecule has 0 amide bonds. The Kier molecular flexibility index (Phi) is 18.3. The molecule has 676 valence electrons. The van der Waals surface area contributed by atoms with Gasteiger partial charge in [0.1, 0.15) is 33.5 Å². The van der Waals surface area contributed by atoms with Crippen molar-refractivity contribution >= 4 is 207 Å². The molecule has 0 atom stereocenters. The number of furan rings is 3. The van der Waals surface area contributed by atoms with Crippen molar-refractivity contribution in [3.05, 3.63) is 510 Å². The predicted molar refractivity (Wildman–Crippen MR) is 606 cm³/mol. The van der Waals surface area contributed by atoms with Gasteiger partial charge in [-0.2, -0.15) is 0 Å². The number of rotatable bonds is 10. The summed E-state index contributed by atoms with van der Waals surface area (Å²) in [6.45, 7) is 0. The number of fused-ring (bicyclic) bond motifs is 28. The van der Waals surface area contributed by atoms with E-state index in [0.29, 0.717) is 0 Å². The summed E-state index contributed by atoms with van der Waals surface area (Å²) in [4.78, 5) is 0. The van der Waals surface area contributed by atoms with Crippen LogP contribution in [0.15, 0.2) is 523 Å². The molecule has 0 fully saturated rings. The third-order valence-corrected chi connectivity index (χ3v) is 30.1. The number of hydrogen-bond acceptors (Lipinski definition) is 3. The molecular formula is C136H84N6O3. The topological polar surface area (TPSA) is 69.0 Å². The lowest BCUT2D eigenvalue weighted by Gasteiger charge is -2.11. The fourth-order valence-corrected chi connectivity index (χ4v) is 23.6. The van der Waals surface area contributed by atoms with E-state index in [1.807, 2.05) is 36.4 Å². The summed E-state index contributed by atoms with van der Waals surface area (Å²) in [6, 6.07) is 183. The summed E-state index contributed by atoms with van der Waals surface area (Å²) in [6.07, 6.45) is 0. The van der Waals surface area contributed by atoms with Crippen LogP contribution < -0.4 is 0 Å². The molecular weight excluding hydrogens is 1770 g/mol. The lowest BCUT2D eigenvalue weighted by Crippen LogP contribution is -1.96. The molecule has 9 heteroatoms. The molecule has 0 bridgehead atoms. The molecule has 9 heterocycles. The minimum atomic E-state index is 0.914. The van der Waals surface area contributed by atoms with Crippen LogP contribution in [0.4, 0.5) is 0 Å². The molecule has 0 aliphatic carbocycles. The van der Waals surface area contributed by atoms with Crippen LogP contribution in [0.3, 0.4) is 0 Å². The van der Waals surface area contributed by atoms with Gasteiger partial charge in [0.05, 0.1) is 66.2 Å². The molecule has 9 aromatic heterocycles. The zero-order chi connectivity index (χ0) is 95.0. The molecule has 0 spiro atoms. The van der Waals surface area contributed by atoms with Crippen molar-refractivity contribution in [2.45, 2.75) is 0 Å². The van der Waals surface area contributed by atoms with Crippen molar-refractivity contribution in [2.75, 3.05) is 0 Å². The monoisotopic (exact) mass is 1850 g/mol. The predicted octanol–water partition coefficient (Wildman–Crippen LogP) is 37.2. The molecule has 0 radical (unpaired) electrons. The van der Waals surface area contributed by atoms with E-state index in [4.69, 9.17) is 13.3 Å². The first-order valence-corrected chi connectivity index (χ1v) is 49.6. The third kappa shape index (κ3) is 12.8. The van der Waals surface area contributed by atoms with Gasteiger partial charge < -0.3 is 40.7 Å². The molecule has 0 aliphatic rings. The normalized spacial score (nSPS) is 12.0. The Balaban J connectivity index is 0.000000101. The fraction of sp³-hybridized carbons (Fsp3) is 0. The van der Waals surface area contributed by atoms with Crippen LogP contribution in [0.2, 0.25) is 0 Å². The van der Waals surface area contributed by atoms with E-state index in [1.54, 1.807) is 0 Å². The van der Waals surface area contributed by atoms with Crippen LogP contribution >= 0.6 is 0 Å². The first kappa shape index (κ1) is 81.5. The first-order chi connectivity index (χ1) is 71.9. The van der Waals surface area contributed by atoms with Gasteiger partial charge >= 0.3 is 0 Å². The van der Waals surface area contributed by atoms with E-state index in [2.05, 4.69) is 501 Å². The summed E-state index contributed by atoms with van der Waals surface area (Å²) in [5.41, 5.74) is 35.8. The van der Waals surface area contributed by atoms with Crippen LogP contribution in [0.25, 0.3) is 286 Å². The lowest BCUT2D eigenvalue weighted by atomic mass is 10.0. The van der Waals surface area contributed by atoms with Gasteiger partial charge in [-0.05, 0) is 202 Å². The second kappa shape index (κ2) is 32.6. The van der Waals surface area contributed by atoms with Crippen LogP contribution in [0.5, 0.6) is 0 Å². The summed E-state index contributed by atoms with van der Waals surface area (Å²) < 4.78 is 33.6. The summed E-state index contributed by atoms with van der Waals surface area (Å²) in [5, 5.41) is 24.4. The molecule has 9 nitrogen and oxygen atoms in total. The van der Waals surface area contributed by atoms with E-state index in [1.165, 1.54) is 153 Å². The average Bonchev–Trinajstić information content (AvgIpc) is 1.56. The maximum absolute atomic E-state index is 6.39. The fourth-order valence-electron chi connectivity index (χ4n) is 23.6. The highest BCUT2D eigenvalue weighted by Gasteiger charge is 2.26. The Bertz CT molecular complexity index is 10900. The van der Waals surface area contributed by atoms with Crippen molar-refractivity contribution in [3.63, 3.8) is 0 Å². The average molecular weight is 1850 g/mol. The quantitative estimate of drug-likeness (QED) is 0.137. The van der Waals surface area contributed by atoms with E-state index in [9.17, 15) is 0 Å². The van der Waals surface area contributed by atoms with Crippen molar-refractivity contribution in [1.82, 2.24) is 27.4 Å². The maximum atomic E-state index is 6.39. The first-order valence-electron chi connectivity index (χ1n) is 49.6. The van der Waals surface area contributed by atoms with Gasteiger partial charge in [0.2, 0.25) is 0 Å². The number of aromatic nitrogens is 6. The highest BCUT2D eigenvalue weighted by Crippen LogP contribution is 2.49. The molecule has 0 aliphatic heterocycles. The van der Waals surface area contributed by atoms with Gasteiger partial charge in [-0.3, -0.25) is 0 Å². The maximum Gasteiger partial charge on any atom is 0.143 e. The van der Waals surface area contributed by atoms with Crippen LogP contribution in [0.1, 0.15) is 0 Å². The SMILES string of the molecule is c1ccc(-c2ccc3c4cc5c6ccccc6n(-c6ccc(-c7cccc8c7oc7ccccc78)cc6)c5cc4n(-c4ccccc4)c3c2)cc1.c1ccc(-n2c3ccccc3c3cc4c5ccccc5n(-c5ccc(-c6cccc7c6oc6ccccc67)cc5)c4cc32)cc1.c1ccc2cc(-n3c4ccccc4c4cc5c6ccccc6n(-c6ccc(-c7cccc8c7oc7ccccc78)cc6)c5cc43)ccc2c1. The number of nitrogens with zero attached hydrogens (tertiary/aromatic N) is 6. The highest BCUT2D eigenvalue weighted by molar-refractivity contribution is 6.24. The minimum Gasteiger partial charge on any atom is -0.455 e. The molecule has 0 saturated heterocycles. The number of para-hydroxylation sites is 13. The number of benzene rings is 23. The van der Waals surface area contributed by atoms with Gasteiger partial charge in [0, 0.05) is 148 Å². The van der Waals surface area contributed by atoms with Gasteiger partial charge in [0.25, 0.3) is 0 Å². The van der Waals surface area contributed by atoms with E-state index in [-0.39, 0.29) is 0 Å². The van der Waals surface area contributed by atoms with E-state index >= 15 is 0 Å². The second-order valence-corrected chi connectivity index (χ2v) is 38.0. The Morgan fingerprint density at radius 3 is 0.717 bits per heavy atom. The minimum absolute atomic E-state index is 0.914. The van der Waals surface area contributed by atoms with Crippen molar-refractivity contribution in [3.8, 4) is 78.6 Å². The molecule has 145 heavy (non-hydrogen) atoms. The van der Waals surface area contributed by atoms with Crippen molar-refractivity contribution in [2.24, 2.45) is 0 Å². The van der Waals surface area contributed by atoms with Crippen LogP contribution in [-0.4, -0.2) is 27.4 Å². The zero-order valence-corrected chi connectivity index (χ0v) is 78.4. The summed E-state index contributed by atoms with van der Waals surface area (Å²) in [7, 11) is 0. The van der Waals surface area contributed by atoms with Gasteiger partial charge in [-0.15, -0.1) is 0 Å². The molecule has 32 aromatic rings. The van der Waals surface area contributed by atoms with Gasteiger partial charge in [-0.1, -0.05) is 346 Å². The lowest BCUT2D eigenvalue weighted by molar-refractivity contribution is 0.669. The van der Waals surface area contributed by atoms with Crippen molar-refractivity contribution in [1.29, 1.82) is 0 Å². The second-order valence-electron chi connectivity index (χ2n) is 38.0. The van der Waals surface area contributed by atoms with Crippen molar-refractivity contribution < 1.29 is 13.3 Å². The van der Waals surface area contributed by atoms with Crippen LogP contribution in [-0.2, 0) is 0 Å². The highest BCUT2D eigenvalue weighted by atomic mass is 16.3. The van der Waals surface area contributed by atoms with E-state index < -0.39 is 0 Å². The van der Waals surface area contributed by atoms with E-state index in [0.717, 1.165) is 133 Å². The molecule has 23 aromatic carbocycles. The molecule has 32 rings (SSSR count). The Hall–Kier alpha value is -19.5. The zero-order valence-electron chi connectivity index (χ0n) is 78.4. The molecule has 0 unspecified atom stereocenters. The number of hydrogen-bond donors (Lipinski definition) is 0. The summed E-state index contributed by atoms with van der Waals surface area (Å²) in [5.74, 6) is 0. The largest absolute Gasteiger partial charge is 0.455 e. The Labute approximate surface area is 830 Å². The van der Waals surface area contributed by atoms with Gasteiger partial charge in [0.15, 0.2) is 0 Å². The van der Waals surface area contributed by atoms with Gasteiger partial charge in [-0.25, -0.2) is 0 Å². The standard InChI is InChI=1S/C48H30N2O.C46H28N2O.C42H26N2O/c1-3-12-31(13-4-1)33-24-27-38-42-29-41-37-16-7-9-20-43(37)49(45(41)30-46(42)50(44(38)28-33)34-14-5-2-6-15-34)35-25-22-32(23-26-35)36-18-11-19-40-39-17-8-10-21-47(39)51-48(36)40;1-2-11-31-26-33(25-20-29(31)10-1)48-42-18-7-4-13-36(42)40-27-39-35-12-3-6-17-41(35)47(43(39)28-44(40)48)32-23-21-30(22-24-32)34-15-9-16-38-37-14-5-8-19-45(37)49-46(34)38;1-2-11-28(12-3-1)43-37-18-7-4-13-31(37)35-25-36-32-14-5-8-19-38(32)44(40(36)26-39(35)43)29-23-21-27(22-24-29)30-16-10-17-34-33-15-6-9-20-41(33)45-42(30)34/h1-30H;1-28H;1-26H. The van der Waals surface area contributed by atoms with Crippen LogP contribution in [0, 0.1) is 0 Å². The summed E-state index contributed by atoms with van der Waals surface area (Å²) >= 11 is 0. The molecule has 0 N–H and O–H groups in total. The Morgan fingerprint density at radius 2 is 0.366 bits per heavy atom.